The fourth-order valence-electron chi connectivity index (χ4n) is 3.04. The third-order valence-corrected chi connectivity index (χ3v) is 4.12. The van der Waals surface area contributed by atoms with Crippen LogP contribution in [0.1, 0.15) is 19.3 Å². The van der Waals surface area contributed by atoms with Crippen LogP contribution < -0.4 is 0 Å². The van der Waals surface area contributed by atoms with Crippen LogP contribution in [0.15, 0.2) is 0 Å². The van der Waals surface area contributed by atoms with Crippen LogP contribution in [-0.2, 0) is 4.79 Å². The molecule has 4 rings (SSSR count). The SMILES string of the molecule is O=C1CC2CC3C1C3(Cl)C2. The van der Waals surface area contributed by atoms with Gasteiger partial charge in [0.1, 0.15) is 5.78 Å². The van der Waals surface area contributed by atoms with Crippen LogP contribution >= 0.6 is 11.6 Å². The highest BCUT2D eigenvalue weighted by Crippen LogP contribution is 2.71. The summed E-state index contributed by atoms with van der Waals surface area (Å²) in [6, 6.07) is 0. The van der Waals surface area contributed by atoms with Crippen molar-refractivity contribution < 1.29 is 4.79 Å². The first-order valence-corrected chi connectivity index (χ1v) is 4.31. The molecular formula is C8H9ClO. The zero-order valence-electron chi connectivity index (χ0n) is 5.64. The van der Waals surface area contributed by atoms with E-state index in [1.54, 1.807) is 0 Å². The highest BCUT2D eigenvalue weighted by Gasteiger charge is 2.73. The van der Waals surface area contributed by atoms with E-state index in [9.17, 15) is 4.79 Å². The van der Waals surface area contributed by atoms with Crippen LogP contribution in [0.5, 0.6) is 0 Å². The van der Waals surface area contributed by atoms with Gasteiger partial charge in [0.2, 0.25) is 0 Å². The summed E-state index contributed by atoms with van der Waals surface area (Å²) in [5, 5.41) is 0. The molecule has 4 fully saturated rings. The van der Waals surface area contributed by atoms with Crippen molar-refractivity contribution in [2.45, 2.75) is 24.1 Å². The maximum absolute atomic E-state index is 11.2. The topological polar surface area (TPSA) is 17.1 Å². The molecule has 0 N–H and O–H groups in total. The minimum atomic E-state index is -0.0278. The summed E-state index contributed by atoms with van der Waals surface area (Å²) < 4.78 is 0. The summed E-state index contributed by atoms with van der Waals surface area (Å²) in [5.74, 6) is 1.96. The quantitative estimate of drug-likeness (QED) is 0.487. The van der Waals surface area contributed by atoms with E-state index >= 15 is 0 Å². The Balaban J connectivity index is 2.06. The molecule has 4 aliphatic carbocycles. The van der Waals surface area contributed by atoms with Crippen molar-refractivity contribution in [3.63, 3.8) is 0 Å². The lowest BCUT2D eigenvalue weighted by molar-refractivity contribution is -0.123. The summed E-state index contributed by atoms with van der Waals surface area (Å²) in [4.78, 5) is 11.2. The van der Waals surface area contributed by atoms with Crippen molar-refractivity contribution in [1.29, 1.82) is 0 Å². The van der Waals surface area contributed by atoms with E-state index in [2.05, 4.69) is 0 Å². The lowest BCUT2D eigenvalue weighted by atomic mass is 9.85. The molecule has 0 aromatic heterocycles. The largest absolute Gasteiger partial charge is 0.299 e. The van der Waals surface area contributed by atoms with Gasteiger partial charge in [-0.15, -0.1) is 11.6 Å². The van der Waals surface area contributed by atoms with Gasteiger partial charge in [-0.05, 0) is 24.7 Å². The number of alkyl halides is 1. The van der Waals surface area contributed by atoms with Crippen molar-refractivity contribution in [2.24, 2.45) is 17.8 Å². The van der Waals surface area contributed by atoms with Crippen molar-refractivity contribution in [1.82, 2.24) is 0 Å². The molecule has 54 valence electrons. The number of fused-ring (bicyclic) bond motifs is 1. The van der Waals surface area contributed by atoms with Gasteiger partial charge in [0.15, 0.2) is 0 Å². The number of hydrogen-bond donors (Lipinski definition) is 0. The first-order chi connectivity index (χ1) is 4.72. The number of rotatable bonds is 0. The van der Waals surface area contributed by atoms with Gasteiger partial charge in [0.05, 0.1) is 4.87 Å². The molecule has 4 aliphatic rings. The summed E-state index contributed by atoms with van der Waals surface area (Å²) in [7, 11) is 0. The van der Waals surface area contributed by atoms with E-state index in [-0.39, 0.29) is 10.8 Å². The van der Waals surface area contributed by atoms with E-state index < -0.39 is 0 Å². The highest BCUT2D eigenvalue weighted by atomic mass is 35.5. The standard InChI is InChI=1S/C8H9ClO/c9-8-3-4-1-5(8)7(8)6(10)2-4/h4-5,7H,1-3H2. The van der Waals surface area contributed by atoms with Gasteiger partial charge in [-0.25, -0.2) is 0 Å². The Hall–Kier alpha value is -0.0400. The van der Waals surface area contributed by atoms with Crippen LogP contribution in [0.2, 0.25) is 0 Å². The van der Waals surface area contributed by atoms with Gasteiger partial charge in [0, 0.05) is 12.3 Å². The predicted molar refractivity (Wildman–Crippen MR) is 37.9 cm³/mol. The Kier molecular flexibility index (Phi) is 0.722. The summed E-state index contributed by atoms with van der Waals surface area (Å²) in [5.41, 5.74) is 0. The van der Waals surface area contributed by atoms with E-state index in [1.807, 2.05) is 0 Å². The minimum Gasteiger partial charge on any atom is -0.299 e. The zero-order chi connectivity index (χ0) is 6.93. The van der Waals surface area contributed by atoms with Gasteiger partial charge in [-0.1, -0.05) is 0 Å². The van der Waals surface area contributed by atoms with E-state index in [0.29, 0.717) is 17.6 Å². The van der Waals surface area contributed by atoms with Gasteiger partial charge in [-0.3, -0.25) is 4.79 Å². The molecule has 0 spiro atoms. The molecule has 0 radical (unpaired) electrons. The molecule has 10 heavy (non-hydrogen) atoms. The molecular weight excluding hydrogens is 148 g/mol. The zero-order valence-corrected chi connectivity index (χ0v) is 6.40. The van der Waals surface area contributed by atoms with Crippen molar-refractivity contribution in [3.8, 4) is 0 Å². The second kappa shape index (κ2) is 1.29. The molecule has 1 nitrogen and oxygen atoms in total. The number of halogens is 1. The highest BCUT2D eigenvalue weighted by molar-refractivity contribution is 6.29. The molecule has 4 saturated carbocycles. The summed E-state index contributed by atoms with van der Waals surface area (Å²) in [6.45, 7) is 0. The van der Waals surface area contributed by atoms with Gasteiger partial charge < -0.3 is 0 Å². The molecule has 0 aliphatic heterocycles. The molecule has 4 unspecified atom stereocenters. The van der Waals surface area contributed by atoms with Gasteiger partial charge >= 0.3 is 0 Å². The van der Waals surface area contributed by atoms with Gasteiger partial charge in [0.25, 0.3) is 0 Å². The van der Waals surface area contributed by atoms with Crippen LogP contribution in [0.3, 0.4) is 0 Å². The van der Waals surface area contributed by atoms with Crippen LogP contribution in [0, 0.1) is 17.8 Å². The second-order valence-corrected chi connectivity index (χ2v) is 4.69. The maximum atomic E-state index is 11.2. The number of hydrogen-bond acceptors (Lipinski definition) is 1. The Labute approximate surface area is 64.7 Å². The first-order valence-electron chi connectivity index (χ1n) is 3.93. The van der Waals surface area contributed by atoms with E-state index in [0.717, 1.165) is 12.8 Å². The predicted octanol–water partition coefficient (Wildman–Crippen LogP) is 1.59. The Morgan fingerprint density at radius 2 is 2.40 bits per heavy atom. The molecule has 4 atom stereocenters. The summed E-state index contributed by atoms with van der Waals surface area (Å²) >= 11 is 6.21. The van der Waals surface area contributed by atoms with Crippen LogP contribution in [0.4, 0.5) is 0 Å². The Bertz CT molecular complexity index is 225. The summed E-state index contributed by atoms with van der Waals surface area (Å²) in [6.07, 6.45) is 3.19. The Morgan fingerprint density at radius 3 is 2.70 bits per heavy atom. The third kappa shape index (κ3) is 0.402. The average Bonchev–Trinajstić information content (AvgIpc) is 2.28. The second-order valence-electron chi connectivity index (χ2n) is 3.99. The molecule has 0 heterocycles. The molecule has 0 aromatic carbocycles. The number of carbonyl (C=O) groups excluding carboxylic acids is 1. The molecule has 0 aromatic rings. The van der Waals surface area contributed by atoms with E-state index in [1.165, 1.54) is 6.42 Å². The van der Waals surface area contributed by atoms with Crippen LogP contribution in [-0.4, -0.2) is 10.7 Å². The maximum Gasteiger partial charge on any atom is 0.138 e. The lowest BCUT2D eigenvalue weighted by Crippen LogP contribution is -2.24. The minimum absolute atomic E-state index is 0.0278. The fourth-order valence-corrected chi connectivity index (χ4v) is 3.68. The number of carbonyl (C=O) groups is 1. The fraction of sp³-hybridized carbons (Fsp3) is 0.875. The molecule has 0 amide bonds. The number of ketones is 1. The van der Waals surface area contributed by atoms with Gasteiger partial charge in [-0.2, -0.15) is 0 Å². The molecule has 4 bridgehead atoms. The lowest BCUT2D eigenvalue weighted by Gasteiger charge is -2.21. The normalized spacial score (nSPS) is 62.9. The van der Waals surface area contributed by atoms with E-state index in [4.69, 9.17) is 11.6 Å². The van der Waals surface area contributed by atoms with Crippen molar-refractivity contribution >= 4 is 17.4 Å². The molecule has 0 saturated heterocycles. The first kappa shape index (κ1) is 5.59. The average molecular weight is 157 g/mol. The smallest absolute Gasteiger partial charge is 0.138 e. The third-order valence-electron chi connectivity index (χ3n) is 3.45. The molecule has 2 heteroatoms. The van der Waals surface area contributed by atoms with Crippen LogP contribution in [0.25, 0.3) is 0 Å². The monoisotopic (exact) mass is 156 g/mol. The van der Waals surface area contributed by atoms with Crippen molar-refractivity contribution in [2.75, 3.05) is 0 Å². The number of Topliss-reactive ketones (excluding diaryl/α,β-unsaturated/α-hetero) is 1. The Morgan fingerprint density at radius 1 is 1.60 bits per heavy atom. The van der Waals surface area contributed by atoms with Crippen molar-refractivity contribution in [3.05, 3.63) is 0 Å².